The van der Waals surface area contributed by atoms with Crippen LogP contribution < -0.4 is 0 Å². The van der Waals surface area contributed by atoms with Gasteiger partial charge in [0.15, 0.2) is 0 Å². The van der Waals surface area contributed by atoms with Gasteiger partial charge in [-0.3, -0.25) is 9.69 Å². The van der Waals surface area contributed by atoms with Crippen LogP contribution in [0.15, 0.2) is 0 Å². The fourth-order valence-electron chi connectivity index (χ4n) is 0.850. The molecule has 0 saturated carbocycles. The van der Waals surface area contributed by atoms with Crippen molar-refractivity contribution in [3.63, 3.8) is 0 Å². The molecule has 0 fully saturated rings. The van der Waals surface area contributed by atoms with Crippen LogP contribution >= 0.6 is 0 Å². The number of hydrogen-bond donors (Lipinski definition) is 1. The first-order valence-corrected chi connectivity index (χ1v) is 3.73. The molecule has 0 bridgehead atoms. The fraction of sp³-hybridized carbons (Fsp3) is 0.875. The van der Waals surface area contributed by atoms with Gasteiger partial charge in [0, 0.05) is 12.1 Å². The third-order valence-corrected chi connectivity index (χ3v) is 1.57. The van der Waals surface area contributed by atoms with Crippen LogP contribution in [0.2, 0.25) is 0 Å². The lowest BCUT2D eigenvalue weighted by Crippen LogP contribution is -2.44. The zero-order valence-electron chi connectivity index (χ0n) is 7.42. The predicted octanol–water partition coefficient (Wildman–Crippen LogP) is 0.189. The van der Waals surface area contributed by atoms with Crippen molar-refractivity contribution < 1.29 is 9.90 Å². The molecule has 11 heavy (non-hydrogen) atoms. The highest BCUT2D eigenvalue weighted by Crippen LogP contribution is 2.10. The Bertz CT molecular complexity index is 118. The second-order valence-electron chi connectivity index (χ2n) is 3.46. The van der Waals surface area contributed by atoms with E-state index < -0.39 is 0 Å². The molecule has 0 aliphatic rings. The van der Waals surface area contributed by atoms with Crippen molar-refractivity contribution in [2.24, 2.45) is 0 Å². The zero-order chi connectivity index (χ0) is 8.91. The molecule has 0 aromatic heterocycles. The Morgan fingerprint density at radius 3 is 2.27 bits per heavy atom. The molecule has 3 nitrogen and oxygen atoms in total. The lowest BCUT2D eigenvalue weighted by atomic mass is 10.1. The zero-order valence-corrected chi connectivity index (χ0v) is 7.42. The summed E-state index contributed by atoms with van der Waals surface area (Å²) in [6, 6.07) is 0. The maximum absolute atomic E-state index is 10.1. The summed E-state index contributed by atoms with van der Waals surface area (Å²) in [7, 11) is 0. The molecule has 0 spiro atoms. The third kappa shape index (κ3) is 4.11. The average Bonchev–Trinajstić information content (AvgIpc) is 1.85. The van der Waals surface area contributed by atoms with Crippen molar-refractivity contribution in [1.82, 2.24) is 4.90 Å². The fourth-order valence-corrected chi connectivity index (χ4v) is 0.850. The molecule has 65 valence electrons. The van der Waals surface area contributed by atoms with E-state index in [2.05, 4.69) is 0 Å². The van der Waals surface area contributed by atoms with Crippen molar-refractivity contribution in [3.05, 3.63) is 0 Å². The van der Waals surface area contributed by atoms with Crippen LogP contribution in [0.5, 0.6) is 0 Å². The van der Waals surface area contributed by atoms with Crippen LogP contribution in [0, 0.1) is 0 Å². The van der Waals surface area contributed by atoms with Gasteiger partial charge in [-0.1, -0.05) is 0 Å². The van der Waals surface area contributed by atoms with E-state index in [0.717, 1.165) is 0 Å². The first-order chi connectivity index (χ1) is 5.02. The summed E-state index contributed by atoms with van der Waals surface area (Å²) in [6.45, 7) is 6.88. The lowest BCUT2D eigenvalue weighted by Gasteiger charge is -2.33. The monoisotopic (exact) mass is 158 g/mol. The predicted molar refractivity (Wildman–Crippen MR) is 44.1 cm³/mol. The number of rotatable bonds is 4. The minimum atomic E-state index is -0.0693. The molecule has 0 aromatic rings. The molecule has 1 N–H and O–H groups in total. The van der Waals surface area contributed by atoms with Crippen molar-refractivity contribution in [3.8, 4) is 0 Å². The average molecular weight is 158 g/mol. The second kappa shape index (κ2) is 4.46. The molecule has 1 radical (unpaired) electrons. The molecule has 0 aromatic carbocycles. The molecular weight excluding hydrogens is 142 g/mol. The van der Waals surface area contributed by atoms with Crippen LogP contribution in [-0.2, 0) is 4.79 Å². The molecule has 0 saturated heterocycles. The first kappa shape index (κ1) is 10.6. The van der Waals surface area contributed by atoms with Crippen LogP contribution in [0.1, 0.15) is 20.8 Å². The molecule has 0 amide bonds. The van der Waals surface area contributed by atoms with Gasteiger partial charge in [0.05, 0.1) is 13.2 Å². The summed E-state index contributed by atoms with van der Waals surface area (Å²) in [5.74, 6) is 0. The number of hydrogen-bond acceptors (Lipinski definition) is 3. The normalized spacial score (nSPS) is 12.1. The van der Waals surface area contributed by atoms with E-state index in [-0.39, 0.29) is 18.7 Å². The molecule has 0 rings (SSSR count). The Kier molecular flexibility index (Phi) is 4.30. The van der Waals surface area contributed by atoms with E-state index >= 15 is 0 Å². The summed E-state index contributed by atoms with van der Waals surface area (Å²) in [5.41, 5.74) is -0.0693. The Hall–Kier alpha value is -0.410. The minimum absolute atomic E-state index is 0.0693. The summed E-state index contributed by atoms with van der Waals surface area (Å²) < 4.78 is 0. The van der Waals surface area contributed by atoms with Crippen molar-refractivity contribution >= 4 is 6.29 Å². The van der Waals surface area contributed by atoms with Crippen molar-refractivity contribution in [2.45, 2.75) is 26.3 Å². The van der Waals surface area contributed by atoms with E-state index in [1.54, 1.807) is 0 Å². The van der Waals surface area contributed by atoms with Crippen LogP contribution in [0.3, 0.4) is 0 Å². The first-order valence-electron chi connectivity index (χ1n) is 3.73. The highest BCUT2D eigenvalue weighted by molar-refractivity contribution is 5.53. The smallest absolute Gasteiger partial charge is 0.213 e. The lowest BCUT2D eigenvalue weighted by molar-refractivity contribution is 0.123. The number of carbonyl (C=O) groups excluding carboxylic acids is 1. The topological polar surface area (TPSA) is 40.5 Å². The number of aliphatic hydroxyl groups is 1. The maximum atomic E-state index is 10.1. The molecular formula is C8H16NO2. The molecule has 0 aliphatic carbocycles. The Balaban J connectivity index is 3.97. The van der Waals surface area contributed by atoms with Gasteiger partial charge in [-0.25, -0.2) is 0 Å². The maximum Gasteiger partial charge on any atom is 0.213 e. The van der Waals surface area contributed by atoms with Crippen LogP contribution in [0.4, 0.5) is 0 Å². The number of nitrogens with zero attached hydrogens (tertiary/aromatic N) is 1. The number of aliphatic hydroxyl groups excluding tert-OH is 1. The van der Waals surface area contributed by atoms with Crippen LogP contribution in [-0.4, -0.2) is 41.5 Å². The van der Waals surface area contributed by atoms with Crippen molar-refractivity contribution in [1.29, 1.82) is 0 Å². The number of β-amino-alcohol motifs (C(OH)–C–C–N with tert-alkyl or cyclic N) is 1. The highest BCUT2D eigenvalue weighted by Gasteiger charge is 2.19. The Morgan fingerprint density at radius 2 is 2.00 bits per heavy atom. The standard InChI is InChI=1S/C8H16NO2/c1-8(2,3)9(4-6-10)5-7-11/h10H,4-6H2,1-3H3. The molecule has 0 aliphatic heterocycles. The van der Waals surface area contributed by atoms with E-state index in [9.17, 15) is 4.79 Å². The minimum Gasteiger partial charge on any atom is -0.395 e. The third-order valence-electron chi connectivity index (χ3n) is 1.57. The second-order valence-corrected chi connectivity index (χ2v) is 3.46. The van der Waals surface area contributed by atoms with E-state index in [1.807, 2.05) is 32.0 Å². The summed E-state index contributed by atoms with van der Waals surface area (Å²) in [4.78, 5) is 12.0. The van der Waals surface area contributed by atoms with E-state index in [1.165, 1.54) is 0 Å². The van der Waals surface area contributed by atoms with Gasteiger partial charge in [0.25, 0.3) is 0 Å². The molecule has 3 heteroatoms. The van der Waals surface area contributed by atoms with Gasteiger partial charge in [-0.05, 0) is 20.8 Å². The van der Waals surface area contributed by atoms with Gasteiger partial charge in [0.2, 0.25) is 6.29 Å². The van der Waals surface area contributed by atoms with Gasteiger partial charge < -0.3 is 5.11 Å². The Labute approximate surface area is 68.0 Å². The quantitative estimate of drug-likeness (QED) is 0.635. The molecule has 0 heterocycles. The SMILES string of the molecule is CC(C)(C)N(C[C]=O)CCO. The highest BCUT2D eigenvalue weighted by atomic mass is 16.3. The van der Waals surface area contributed by atoms with E-state index in [4.69, 9.17) is 5.11 Å². The molecule has 0 unspecified atom stereocenters. The van der Waals surface area contributed by atoms with E-state index in [0.29, 0.717) is 6.54 Å². The summed E-state index contributed by atoms with van der Waals surface area (Å²) in [6.07, 6.45) is 1.82. The largest absolute Gasteiger partial charge is 0.395 e. The van der Waals surface area contributed by atoms with Gasteiger partial charge in [0.1, 0.15) is 0 Å². The summed E-state index contributed by atoms with van der Waals surface area (Å²) in [5, 5.41) is 8.66. The molecule has 0 atom stereocenters. The van der Waals surface area contributed by atoms with Crippen LogP contribution in [0.25, 0.3) is 0 Å². The Morgan fingerprint density at radius 1 is 1.45 bits per heavy atom. The van der Waals surface area contributed by atoms with Gasteiger partial charge >= 0.3 is 0 Å². The van der Waals surface area contributed by atoms with Gasteiger partial charge in [-0.15, -0.1) is 0 Å². The van der Waals surface area contributed by atoms with Gasteiger partial charge in [-0.2, -0.15) is 0 Å². The summed E-state index contributed by atoms with van der Waals surface area (Å²) >= 11 is 0. The van der Waals surface area contributed by atoms with Crippen molar-refractivity contribution in [2.75, 3.05) is 19.7 Å².